The molecular formula is C28H29O4P. The van der Waals surface area contributed by atoms with Gasteiger partial charge < -0.3 is 13.6 Å². The van der Waals surface area contributed by atoms with Crippen LogP contribution in [0.15, 0.2) is 84.9 Å². The molecule has 0 saturated carbocycles. The third-order valence-electron chi connectivity index (χ3n) is 5.16. The zero-order valence-electron chi connectivity index (χ0n) is 19.4. The van der Waals surface area contributed by atoms with Crippen molar-refractivity contribution in [2.24, 2.45) is 5.92 Å². The molecular weight excluding hydrogens is 431 g/mol. The second-order valence-electron chi connectivity index (χ2n) is 8.76. The first-order valence-electron chi connectivity index (χ1n) is 11.1. The lowest BCUT2D eigenvalue weighted by Crippen LogP contribution is -2.08. The molecule has 5 heteroatoms. The van der Waals surface area contributed by atoms with E-state index in [0.29, 0.717) is 23.2 Å². The third-order valence-corrected chi connectivity index (χ3v) is 6.45. The Morgan fingerprint density at radius 3 is 2.06 bits per heavy atom. The minimum absolute atomic E-state index is 0.426. The third kappa shape index (κ3) is 5.97. The molecule has 0 amide bonds. The van der Waals surface area contributed by atoms with Gasteiger partial charge in [0.2, 0.25) is 0 Å². The number of phosphoric acid groups is 1. The highest BCUT2D eigenvalue weighted by atomic mass is 31.2. The van der Waals surface area contributed by atoms with E-state index in [4.69, 9.17) is 13.6 Å². The van der Waals surface area contributed by atoms with Crippen molar-refractivity contribution in [1.29, 1.82) is 0 Å². The van der Waals surface area contributed by atoms with Crippen LogP contribution in [-0.4, -0.2) is 0 Å². The van der Waals surface area contributed by atoms with Crippen LogP contribution in [0, 0.1) is 19.8 Å². The molecule has 0 aliphatic rings. The van der Waals surface area contributed by atoms with Crippen LogP contribution in [0.5, 0.6) is 17.2 Å². The molecule has 170 valence electrons. The fourth-order valence-electron chi connectivity index (χ4n) is 3.85. The summed E-state index contributed by atoms with van der Waals surface area (Å²) in [5, 5.41) is 1.81. The van der Waals surface area contributed by atoms with E-state index in [-0.39, 0.29) is 0 Å². The molecule has 1 atom stereocenters. The maximum atomic E-state index is 14.0. The van der Waals surface area contributed by atoms with E-state index in [1.807, 2.05) is 92.7 Å². The van der Waals surface area contributed by atoms with Crippen LogP contribution in [0.4, 0.5) is 0 Å². The van der Waals surface area contributed by atoms with Crippen molar-refractivity contribution in [2.45, 2.75) is 34.1 Å². The molecule has 4 aromatic rings. The highest BCUT2D eigenvalue weighted by molar-refractivity contribution is 7.49. The molecule has 33 heavy (non-hydrogen) atoms. The normalized spacial score (nSPS) is 13.0. The van der Waals surface area contributed by atoms with Crippen LogP contribution in [0.1, 0.15) is 30.5 Å². The first-order chi connectivity index (χ1) is 15.8. The minimum Gasteiger partial charge on any atom is -0.386 e. The number of phosphoric ester groups is 1. The standard InChI is InChI=1S/C28H29O4P/c1-20(2)16-23-12-14-25(15-13-23)30-33(29,31-26-18-21(3)17-22(4)19-26)32-28-11-7-9-24-8-5-6-10-27(24)28/h5-15,17-20H,16H2,1-4H3. The van der Waals surface area contributed by atoms with Crippen molar-refractivity contribution in [3.63, 3.8) is 0 Å². The Bertz CT molecular complexity index is 1270. The van der Waals surface area contributed by atoms with Gasteiger partial charge in [-0.1, -0.05) is 68.4 Å². The van der Waals surface area contributed by atoms with Gasteiger partial charge in [0.15, 0.2) is 0 Å². The summed E-state index contributed by atoms with van der Waals surface area (Å²) in [5.74, 6) is 1.85. The van der Waals surface area contributed by atoms with Gasteiger partial charge in [0.1, 0.15) is 17.2 Å². The predicted octanol–water partition coefficient (Wildman–Crippen LogP) is 8.30. The molecule has 1 unspecified atom stereocenters. The van der Waals surface area contributed by atoms with Crippen molar-refractivity contribution in [3.8, 4) is 17.2 Å². The largest absolute Gasteiger partial charge is 0.647 e. The molecule has 0 bridgehead atoms. The summed E-state index contributed by atoms with van der Waals surface area (Å²) < 4.78 is 31.8. The van der Waals surface area contributed by atoms with E-state index in [1.54, 1.807) is 6.07 Å². The van der Waals surface area contributed by atoms with Gasteiger partial charge in [0, 0.05) is 5.39 Å². The van der Waals surface area contributed by atoms with Crippen LogP contribution >= 0.6 is 7.82 Å². The monoisotopic (exact) mass is 460 g/mol. The Balaban J connectivity index is 1.68. The Hall–Kier alpha value is -3.23. The Kier molecular flexibility index (Phi) is 6.76. The SMILES string of the molecule is Cc1cc(C)cc(OP(=O)(Oc2ccc(CC(C)C)cc2)Oc2cccc3ccccc23)c1. The average molecular weight is 461 g/mol. The molecule has 0 spiro atoms. The molecule has 0 saturated heterocycles. The highest BCUT2D eigenvalue weighted by Gasteiger charge is 2.34. The lowest BCUT2D eigenvalue weighted by molar-refractivity contribution is 0.299. The number of fused-ring (bicyclic) bond motifs is 1. The first-order valence-corrected chi connectivity index (χ1v) is 12.6. The molecule has 0 aromatic heterocycles. The van der Waals surface area contributed by atoms with E-state index < -0.39 is 7.82 Å². The van der Waals surface area contributed by atoms with Crippen molar-refractivity contribution in [1.82, 2.24) is 0 Å². The van der Waals surface area contributed by atoms with Gasteiger partial charge in [-0.2, -0.15) is 4.57 Å². The Morgan fingerprint density at radius 2 is 1.36 bits per heavy atom. The van der Waals surface area contributed by atoms with Crippen molar-refractivity contribution in [2.75, 3.05) is 0 Å². The van der Waals surface area contributed by atoms with E-state index in [0.717, 1.165) is 28.3 Å². The molecule has 0 radical (unpaired) electrons. The van der Waals surface area contributed by atoms with E-state index in [9.17, 15) is 4.57 Å². The lowest BCUT2D eigenvalue weighted by Gasteiger charge is -2.21. The molecule has 4 aromatic carbocycles. The van der Waals surface area contributed by atoms with Gasteiger partial charge in [0.05, 0.1) is 0 Å². The zero-order valence-corrected chi connectivity index (χ0v) is 20.3. The molecule has 0 aliphatic heterocycles. The van der Waals surface area contributed by atoms with E-state index >= 15 is 0 Å². The highest BCUT2D eigenvalue weighted by Crippen LogP contribution is 2.51. The summed E-state index contributed by atoms with van der Waals surface area (Å²) in [6.07, 6.45) is 0.962. The second-order valence-corrected chi connectivity index (χ2v) is 10.2. The van der Waals surface area contributed by atoms with Crippen LogP contribution in [0.25, 0.3) is 10.8 Å². The molecule has 4 rings (SSSR count). The van der Waals surface area contributed by atoms with Gasteiger partial charge in [0.25, 0.3) is 0 Å². The molecule has 4 nitrogen and oxygen atoms in total. The van der Waals surface area contributed by atoms with Crippen LogP contribution in [0.3, 0.4) is 0 Å². The fraction of sp³-hybridized carbons (Fsp3) is 0.214. The van der Waals surface area contributed by atoms with Gasteiger partial charge >= 0.3 is 7.82 Å². The number of rotatable bonds is 8. The maximum Gasteiger partial charge on any atom is 0.647 e. The van der Waals surface area contributed by atoms with Crippen LogP contribution in [-0.2, 0) is 11.0 Å². The summed E-state index contributed by atoms with van der Waals surface area (Å²) in [6, 6.07) is 26.6. The number of aryl methyl sites for hydroxylation is 2. The second kappa shape index (κ2) is 9.72. The Labute approximate surface area is 195 Å². The van der Waals surface area contributed by atoms with E-state index in [2.05, 4.69) is 13.8 Å². The summed E-state index contributed by atoms with van der Waals surface area (Å²) in [4.78, 5) is 0. The van der Waals surface area contributed by atoms with Crippen LogP contribution < -0.4 is 13.6 Å². The zero-order chi connectivity index (χ0) is 23.4. The molecule has 0 aliphatic carbocycles. The molecule has 0 fully saturated rings. The average Bonchev–Trinajstić information content (AvgIpc) is 2.74. The first kappa shape index (κ1) is 22.9. The van der Waals surface area contributed by atoms with E-state index in [1.165, 1.54) is 5.56 Å². The smallest absolute Gasteiger partial charge is 0.386 e. The van der Waals surface area contributed by atoms with Gasteiger partial charge in [-0.05, 0) is 78.6 Å². The maximum absolute atomic E-state index is 14.0. The quantitative estimate of drug-likeness (QED) is 0.248. The van der Waals surface area contributed by atoms with Gasteiger partial charge in [-0.3, -0.25) is 0 Å². The van der Waals surface area contributed by atoms with Gasteiger partial charge in [-0.15, -0.1) is 0 Å². The number of benzene rings is 4. The fourth-order valence-corrected chi connectivity index (χ4v) is 5.11. The topological polar surface area (TPSA) is 44.8 Å². The Morgan fingerprint density at radius 1 is 0.727 bits per heavy atom. The summed E-state index contributed by atoms with van der Waals surface area (Å²) in [6.45, 7) is 8.28. The number of hydrogen-bond acceptors (Lipinski definition) is 4. The number of hydrogen-bond donors (Lipinski definition) is 0. The lowest BCUT2D eigenvalue weighted by atomic mass is 10.0. The summed E-state index contributed by atoms with van der Waals surface area (Å²) in [7, 11) is -4.07. The van der Waals surface area contributed by atoms with Crippen molar-refractivity contribution < 1.29 is 18.1 Å². The predicted molar refractivity (Wildman–Crippen MR) is 134 cm³/mol. The molecule has 0 N–H and O–H groups in total. The summed E-state index contributed by atoms with van der Waals surface area (Å²) >= 11 is 0. The van der Waals surface area contributed by atoms with Crippen molar-refractivity contribution >= 4 is 18.6 Å². The summed E-state index contributed by atoms with van der Waals surface area (Å²) in [5.41, 5.74) is 3.19. The minimum atomic E-state index is -4.07. The molecule has 0 heterocycles. The van der Waals surface area contributed by atoms with Crippen LogP contribution in [0.2, 0.25) is 0 Å². The van der Waals surface area contributed by atoms with Gasteiger partial charge in [-0.25, -0.2) is 0 Å². The van der Waals surface area contributed by atoms with Crippen molar-refractivity contribution in [3.05, 3.63) is 102 Å².